The minimum absolute atomic E-state index is 0.0376. The van der Waals surface area contributed by atoms with E-state index >= 15 is 0 Å². The van der Waals surface area contributed by atoms with Crippen molar-refractivity contribution in [3.8, 4) is 0 Å². The summed E-state index contributed by atoms with van der Waals surface area (Å²) in [5.74, 6) is 0.300. The predicted molar refractivity (Wildman–Crippen MR) is 142 cm³/mol. The van der Waals surface area contributed by atoms with E-state index in [1.807, 2.05) is 4.90 Å². The van der Waals surface area contributed by atoms with Crippen LogP contribution in [0.25, 0.3) is 5.52 Å². The maximum Gasteiger partial charge on any atom is 0.418 e. The van der Waals surface area contributed by atoms with Crippen molar-refractivity contribution < 1.29 is 22.3 Å². The fourth-order valence-corrected chi connectivity index (χ4v) is 7.97. The molecule has 2 aliphatic heterocycles. The van der Waals surface area contributed by atoms with E-state index in [0.717, 1.165) is 55.7 Å². The number of fused-ring (bicyclic) bond motifs is 1. The first-order valence-electron chi connectivity index (χ1n) is 14.5. The largest absolute Gasteiger partial charge is 0.418 e. The van der Waals surface area contributed by atoms with Gasteiger partial charge in [0.25, 0.3) is 0 Å². The molecule has 0 spiro atoms. The summed E-state index contributed by atoms with van der Waals surface area (Å²) >= 11 is 0. The number of hydrogen-bond donors (Lipinski definition) is 2. The van der Waals surface area contributed by atoms with E-state index in [9.17, 15) is 22.4 Å². The molecule has 2 saturated heterocycles. The molecule has 0 aromatic carbocycles. The normalized spacial score (nSPS) is 34.9. The minimum atomic E-state index is -4.63. The molecule has 5 atom stereocenters. The predicted octanol–water partition coefficient (Wildman–Crippen LogP) is 4.07. The topological polar surface area (TPSA) is 66.2 Å². The Hall–Kier alpha value is -1.99. The first-order chi connectivity index (χ1) is 19.0. The maximum absolute atomic E-state index is 14.3. The van der Waals surface area contributed by atoms with Crippen LogP contribution in [0.5, 0.6) is 0 Å². The molecule has 12 heteroatoms. The number of hydrogen-bond acceptors (Lipinski definition) is 6. The van der Waals surface area contributed by atoms with Gasteiger partial charge in [-0.15, -0.1) is 0 Å². The van der Waals surface area contributed by atoms with Crippen LogP contribution in [0.1, 0.15) is 75.1 Å². The van der Waals surface area contributed by atoms with Gasteiger partial charge in [-0.1, -0.05) is 6.42 Å². The van der Waals surface area contributed by atoms with Gasteiger partial charge in [-0.2, -0.15) is 13.2 Å². The second-order valence-corrected chi connectivity index (χ2v) is 12.5. The SMILES string of the molecule is COC1CC(C2CCCC(n3cc4c(C(F)(F)F)cc([C@H](C)N5CC[C@H](F)C5)cn4c3=O)C2)(C2NNCN2C)C1. The number of alkyl halides is 4. The molecule has 2 saturated carbocycles. The van der Waals surface area contributed by atoms with Gasteiger partial charge >= 0.3 is 11.9 Å². The number of hydrazine groups is 1. The molecule has 3 unspecified atom stereocenters. The highest BCUT2D eigenvalue weighted by atomic mass is 19.4. The number of nitrogens with one attached hydrogen (secondary N) is 2. The molecule has 4 aliphatic rings. The second-order valence-electron chi connectivity index (χ2n) is 12.5. The summed E-state index contributed by atoms with van der Waals surface area (Å²) in [6.07, 6.45) is 3.24. The lowest BCUT2D eigenvalue weighted by atomic mass is 9.54. The smallest absolute Gasteiger partial charge is 0.381 e. The van der Waals surface area contributed by atoms with Crippen LogP contribution in [-0.4, -0.2) is 71.1 Å². The number of rotatable bonds is 6. The molecular formula is C28H40F4N6O2. The minimum Gasteiger partial charge on any atom is -0.381 e. The number of imidazole rings is 1. The zero-order valence-electron chi connectivity index (χ0n) is 23.4. The number of likely N-dealkylation sites (tertiary alicyclic amines) is 1. The molecule has 2 aromatic rings. The third-order valence-electron chi connectivity index (χ3n) is 10.3. The van der Waals surface area contributed by atoms with Gasteiger partial charge in [0.1, 0.15) is 6.17 Å². The molecule has 4 heterocycles. The summed E-state index contributed by atoms with van der Waals surface area (Å²) in [6, 6.07) is 0.524. The van der Waals surface area contributed by atoms with Crippen LogP contribution in [0.15, 0.2) is 23.3 Å². The van der Waals surface area contributed by atoms with Gasteiger partial charge in [0, 0.05) is 50.1 Å². The van der Waals surface area contributed by atoms with Gasteiger partial charge in [-0.3, -0.25) is 18.8 Å². The molecule has 40 heavy (non-hydrogen) atoms. The van der Waals surface area contributed by atoms with Crippen molar-refractivity contribution >= 4 is 5.52 Å². The van der Waals surface area contributed by atoms with Crippen molar-refractivity contribution in [1.82, 2.24) is 29.6 Å². The van der Waals surface area contributed by atoms with Crippen LogP contribution in [0, 0.1) is 11.3 Å². The summed E-state index contributed by atoms with van der Waals surface area (Å²) in [4.78, 5) is 17.8. The summed E-state index contributed by atoms with van der Waals surface area (Å²) in [7, 11) is 3.82. The Labute approximate surface area is 231 Å². The van der Waals surface area contributed by atoms with Crippen LogP contribution in [0.3, 0.4) is 0 Å². The third kappa shape index (κ3) is 4.69. The molecule has 4 fully saturated rings. The highest BCUT2D eigenvalue weighted by Crippen LogP contribution is 2.57. The van der Waals surface area contributed by atoms with Gasteiger partial charge in [0.15, 0.2) is 0 Å². The average Bonchev–Trinajstić information content (AvgIpc) is 3.61. The molecule has 0 amide bonds. The summed E-state index contributed by atoms with van der Waals surface area (Å²) < 4.78 is 65.1. The van der Waals surface area contributed by atoms with Gasteiger partial charge in [0.2, 0.25) is 0 Å². The van der Waals surface area contributed by atoms with E-state index in [1.165, 1.54) is 12.4 Å². The van der Waals surface area contributed by atoms with Crippen molar-refractivity contribution in [3.05, 3.63) is 40.1 Å². The van der Waals surface area contributed by atoms with Gasteiger partial charge in [-0.05, 0) is 70.0 Å². The van der Waals surface area contributed by atoms with Crippen molar-refractivity contribution in [2.75, 3.05) is 33.9 Å². The van der Waals surface area contributed by atoms with E-state index in [-0.39, 0.29) is 35.8 Å². The van der Waals surface area contributed by atoms with Crippen molar-refractivity contribution in [2.24, 2.45) is 11.3 Å². The standard InChI is InChI=1S/C28H40F4N6O2/c1-17(36-8-7-20(29)14-36)18-9-23(28(30,31)32)24-15-37(26(39)38(24)13-18)21-6-4-5-19(10-21)27(11-22(12-27)40-3)25-34-33-16-35(25)2/h9,13,15,17,19-22,25,33-34H,4-8,10-12,14,16H2,1-3H3/t17-,19?,20-,21?,22?,25?,27?/m0/s1. The number of methoxy groups -OCH3 is 1. The molecule has 2 N–H and O–H groups in total. The van der Waals surface area contributed by atoms with Crippen LogP contribution >= 0.6 is 0 Å². The molecule has 6 rings (SSSR count). The van der Waals surface area contributed by atoms with E-state index in [4.69, 9.17) is 4.74 Å². The van der Waals surface area contributed by atoms with Crippen molar-refractivity contribution in [3.63, 3.8) is 0 Å². The van der Waals surface area contributed by atoms with E-state index in [0.29, 0.717) is 24.4 Å². The molecule has 2 aliphatic carbocycles. The third-order valence-corrected chi connectivity index (χ3v) is 10.3. The number of ether oxygens (including phenoxy) is 1. The monoisotopic (exact) mass is 568 g/mol. The first-order valence-corrected chi connectivity index (χ1v) is 14.5. The van der Waals surface area contributed by atoms with Gasteiger partial charge in [0.05, 0.1) is 30.0 Å². The molecule has 2 aromatic heterocycles. The molecule has 8 nitrogen and oxygen atoms in total. The highest BCUT2D eigenvalue weighted by Gasteiger charge is 2.57. The number of aromatic nitrogens is 2. The molecular weight excluding hydrogens is 528 g/mol. The lowest BCUT2D eigenvalue weighted by molar-refractivity contribution is -0.140. The fraction of sp³-hybridized carbons (Fsp3) is 0.750. The van der Waals surface area contributed by atoms with E-state index in [2.05, 4.69) is 22.8 Å². The van der Waals surface area contributed by atoms with Crippen molar-refractivity contribution in [2.45, 2.75) is 88.6 Å². The van der Waals surface area contributed by atoms with Crippen LogP contribution in [0.4, 0.5) is 17.6 Å². The average molecular weight is 569 g/mol. The quantitative estimate of drug-likeness (QED) is 0.513. The lowest BCUT2D eigenvalue weighted by Gasteiger charge is -2.57. The molecule has 0 bridgehead atoms. The molecule has 0 radical (unpaired) electrons. The Bertz CT molecular complexity index is 1290. The van der Waals surface area contributed by atoms with Gasteiger partial charge < -0.3 is 4.74 Å². The lowest BCUT2D eigenvalue weighted by Crippen LogP contribution is -2.62. The maximum atomic E-state index is 14.3. The van der Waals surface area contributed by atoms with Crippen LogP contribution < -0.4 is 16.5 Å². The summed E-state index contributed by atoms with van der Waals surface area (Å²) in [5, 5.41) is 0. The number of nitrogens with zero attached hydrogens (tertiary/aromatic N) is 4. The van der Waals surface area contributed by atoms with E-state index < -0.39 is 29.6 Å². The molecule has 222 valence electrons. The van der Waals surface area contributed by atoms with Crippen molar-refractivity contribution in [1.29, 1.82) is 0 Å². The zero-order chi connectivity index (χ0) is 28.4. The Morgan fingerprint density at radius 2 is 1.95 bits per heavy atom. The van der Waals surface area contributed by atoms with Crippen LogP contribution in [-0.2, 0) is 10.9 Å². The second kappa shape index (κ2) is 10.4. The Balaban J connectivity index is 1.34. The Morgan fingerprint density at radius 3 is 2.58 bits per heavy atom. The zero-order valence-corrected chi connectivity index (χ0v) is 23.4. The number of pyridine rings is 1. The summed E-state index contributed by atoms with van der Waals surface area (Å²) in [5.41, 5.74) is 5.62. The Morgan fingerprint density at radius 1 is 1.18 bits per heavy atom. The Kier molecular flexibility index (Phi) is 7.30. The number of halogens is 4. The van der Waals surface area contributed by atoms with E-state index in [1.54, 1.807) is 18.6 Å². The first kappa shape index (κ1) is 28.1. The van der Waals surface area contributed by atoms with Crippen LogP contribution in [0.2, 0.25) is 0 Å². The highest BCUT2D eigenvalue weighted by molar-refractivity contribution is 5.56. The fourth-order valence-electron chi connectivity index (χ4n) is 7.97. The summed E-state index contributed by atoms with van der Waals surface area (Å²) in [6.45, 7) is 3.18. The van der Waals surface area contributed by atoms with Gasteiger partial charge in [-0.25, -0.2) is 20.0 Å².